The Balaban J connectivity index is 1.71. The number of ether oxygens (including phenoxy) is 2. The van der Waals surface area contributed by atoms with Crippen LogP contribution in [0.2, 0.25) is 0 Å². The number of urea groups is 1. The third kappa shape index (κ3) is 5.81. The monoisotopic (exact) mass is 514 g/mol. The Labute approximate surface area is 220 Å². The molecule has 0 aliphatic carbocycles. The van der Waals surface area contributed by atoms with Gasteiger partial charge in [-0.05, 0) is 73.9 Å². The quantitative estimate of drug-likeness (QED) is 0.231. The van der Waals surface area contributed by atoms with E-state index in [1.807, 2.05) is 13.8 Å². The van der Waals surface area contributed by atoms with E-state index in [4.69, 9.17) is 9.47 Å². The first-order chi connectivity index (χ1) is 18.3. The van der Waals surface area contributed by atoms with Crippen LogP contribution < -0.4 is 19.7 Å². The van der Waals surface area contributed by atoms with E-state index >= 15 is 0 Å². The maximum atomic E-state index is 13.3. The van der Waals surface area contributed by atoms with Crippen LogP contribution in [0.5, 0.6) is 11.5 Å². The van der Waals surface area contributed by atoms with Crippen molar-refractivity contribution in [1.82, 2.24) is 5.32 Å². The highest BCUT2D eigenvalue weighted by Crippen LogP contribution is 2.36. The number of allylic oxidation sites excluding steroid dienone is 1. The van der Waals surface area contributed by atoms with Crippen LogP contribution in [0, 0.1) is 12.7 Å². The van der Waals surface area contributed by atoms with E-state index in [9.17, 15) is 18.8 Å². The van der Waals surface area contributed by atoms with Crippen molar-refractivity contribution in [3.63, 3.8) is 0 Å². The first-order valence-corrected chi connectivity index (χ1v) is 12.1. The Kier molecular flexibility index (Phi) is 8.01. The minimum Gasteiger partial charge on any atom is -0.490 e. The van der Waals surface area contributed by atoms with E-state index in [0.717, 1.165) is 21.6 Å². The van der Waals surface area contributed by atoms with Crippen LogP contribution in [0.1, 0.15) is 29.2 Å². The molecule has 4 rings (SSSR count). The molecule has 1 fully saturated rings. The van der Waals surface area contributed by atoms with Crippen molar-refractivity contribution in [1.29, 1.82) is 0 Å². The molecule has 1 aliphatic rings. The van der Waals surface area contributed by atoms with Gasteiger partial charge in [-0.15, -0.1) is 6.58 Å². The van der Waals surface area contributed by atoms with Crippen molar-refractivity contribution in [3.05, 3.63) is 107 Å². The molecular weight excluding hydrogens is 487 g/mol. The van der Waals surface area contributed by atoms with Crippen molar-refractivity contribution >= 4 is 29.6 Å². The zero-order valence-electron chi connectivity index (χ0n) is 21.1. The number of amides is 4. The van der Waals surface area contributed by atoms with Gasteiger partial charge in [0.25, 0.3) is 11.8 Å². The number of hydrogen-bond acceptors (Lipinski definition) is 5. The van der Waals surface area contributed by atoms with Gasteiger partial charge in [0.2, 0.25) is 0 Å². The van der Waals surface area contributed by atoms with Gasteiger partial charge in [-0.3, -0.25) is 14.9 Å². The number of benzene rings is 3. The van der Waals surface area contributed by atoms with Crippen LogP contribution in [0.3, 0.4) is 0 Å². The molecule has 1 N–H and O–H groups in total. The Morgan fingerprint density at radius 1 is 1.00 bits per heavy atom. The molecule has 1 heterocycles. The molecule has 3 aromatic rings. The van der Waals surface area contributed by atoms with Gasteiger partial charge < -0.3 is 9.47 Å². The number of barbiturate groups is 1. The summed E-state index contributed by atoms with van der Waals surface area (Å²) < 4.78 is 25.2. The van der Waals surface area contributed by atoms with E-state index in [2.05, 4.69) is 11.9 Å². The van der Waals surface area contributed by atoms with E-state index < -0.39 is 17.8 Å². The third-order valence-electron chi connectivity index (χ3n) is 5.82. The SMILES string of the molecule is C=CCc1cc(/C=C2\C(=O)NC(=O)N(c3ccc(C)cc3)C2=O)cc(OCC)c1OCc1ccc(F)cc1. The predicted molar refractivity (Wildman–Crippen MR) is 142 cm³/mol. The molecule has 8 heteroatoms. The number of nitrogens with zero attached hydrogens (tertiary/aromatic N) is 1. The Hall–Kier alpha value is -4.72. The Bertz CT molecular complexity index is 1410. The number of carbonyl (C=O) groups excluding carboxylic acids is 3. The molecule has 0 radical (unpaired) electrons. The second-order valence-electron chi connectivity index (χ2n) is 8.64. The largest absolute Gasteiger partial charge is 0.490 e. The summed E-state index contributed by atoms with van der Waals surface area (Å²) >= 11 is 0. The fourth-order valence-electron chi connectivity index (χ4n) is 3.99. The van der Waals surface area contributed by atoms with E-state index in [1.165, 1.54) is 18.2 Å². The van der Waals surface area contributed by atoms with Crippen molar-refractivity contribution in [3.8, 4) is 11.5 Å². The molecule has 1 saturated heterocycles. The van der Waals surface area contributed by atoms with E-state index in [1.54, 1.807) is 54.6 Å². The summed E-state index contributed by atoms with van der Waals surface area (Å²) in [5, 5.41) is 2.24. The molecule has 0 aromatic heterocycles. The van der Waals surface area contributed by atoms with Crippen molar-refractivity contribution in [2.75, 3.05) is 11.5 Å². The number of halogens is 1. The zero-order valence-corrected chi connectivity index (χ0v) is 21.1. The smallest absolute Gasteiger partial charge is 0.335 e. The van der Waals surface area contributed by atoms with Crippen LogP contribution >= 0.6 is 0 Å². The Morgan fingerprint density at radius 2 is 1.71 bits per heavy atom. The number of hydrogen-bond donors (Lipinski definition) is 1. The van der Waals surface area contributed by atoms with Crippen molar-refractivity contribution in [2.24, 2.45) is 0 Å². The fourth-order valence-corrected chi connectivity index (χ4v) is 3.99. The fraction of sp³-hybridized carbons (Fsp3) is 0.167. The molecule has 38 heavy (non-hydrogen) atoms. The number of anilines is 1. The normalized spacial score (nSPS) is 14.4. The summed E-state index contributed by atoms with van der Waals surface area (Å²) in [5.74, 6) is -0.965. The molecule has 4 amide bonds. The molecule has 0 bridgehead atoms. The first kappa shape index (κ1) is 26.3. The minimum absolute atomic E-state index is 0.180. The van der Waals surface area contributed by atoms with Gasteiger partial charge in [-0.1, -0.05) is 35.9 Å². The lowest BCUT2D eigenvalue weighted by Crippen LogP contribution is -2.54. The number of imide groups is 2. The van der Waals surface area contributed by atoms with Crippen molar-refractivity contribution in [2.45, 2.75) is 26.9 Å². The summed E-state index contributed by atoms with van der Waals surface area (Å²) in [5.41, 5.74) is 3.12. The lowest BCUT2D eigenvalue weighted by atomic mass is 10.0. The van der Waals surface area contributed by atoms with E-state index in [0.29, 0.717) is 35.8 Å². The van der Waals surface area contributed by atoms with Gasteiger partial charge in [0.05, 0.1) is 12.3 Å². The summed E-state index contributed by atoms with van der Waals surface area (Å²) in [6.45, 7) is 8.05. The second kappa shape index (κ2) is 11.6. The highest BCUT2D eigenvalue weighted by atomic mass is 19.1. The average molecular weight is 515 g/mol. The molecular formula is C30H27FN2O5. The third-order valence-corrected chi connectivity index (χ3v) is 5.82. The van der Waals surface area contributed by atoms with Crippen LogP contribution in [0.4, 0.5) is 14.9 Å². The van der Waals surface area contributed by atoms with Crippen LogP contribution in [-0.2, 0) is 22.6 Å². The summed E-state index contributed by atoms with van der Waals surface area (Å²) in [7, 11) is 0. The average Bonchev–Trinajstić information content (AvgIpc) is 2.88. The molecule has 1 aliphatic heterocycles. The van der Waals surface area contributed by atoms with Gasteiger partial charge in [-0.2, -0.15) is 0 Å². The van der Waals surface area contributed by atoms with Crippen LogP contribution in [0.15, 0.2) is 78.9 Å². The number of rotatable bonds is 9. The Morgan fingerprint density at radius 3 is 2.37 bits per heavy atom. The molecule has 3 aromatic carbocycles. The topological polar surface area (TPSA) is 84.9 Å². The molecule has 0 atom stereocenters. The minimum atomic E-state index is -0.812. The summed E-state index contributed by atoms with van der Waals surface area (Å²) in [6, 6.07) is 15.4. The standard InChI is InChI=1S/C30H27FN2O5/c1-4-6-22-15-21(17-26(37-5-2)27(22)38-18-20-9-11-23(31)12-10-20)16-25-28(34)32-30(36)33(29(25)35)24-13-7-19(3)8-14-24/h4,7-17H,1,5-6,18H2,2-3H3,(H,32,34,36)/b25-16+. The number of aryl methyl sites for hydroxylation is 1. The zero-order chi connectivity index (χ0) is 27.2. The maximum absolute atomic E-state index is 13.3. The van der Waals surface area contributed by atoms with Gasteiger partial charge in [0.15, 0.2) is 11.5 Å². The number of nitrogens with one attached hydrogen (secondary N) is 1. The highest BCUT2D eigenvalue weighted by Gasteiger charge is 2.36. The molecule has 0 unspecified atom stereocenters. The van der Waals surface area contributed by atoms with Gasteiger partial charge in [0, 0.05) is 5.56 Å². The van der Waals surface area contributed by atoms with E-state index in [-0.39, 0.29) is 18.0 Å². The van der Waals surface area contributed by atoms with Gasteiger partial charge in [0.1, 0.15) is 18.0 Å². The summed E-state index contributed by atoms with van der Waals surface area (Å²) in [4.78, 5) is 39.4. The lowest BCUT2D eigenvalue weighted by molar-refractivity contribution is -0.122. The molecule has 0 saturated carbocycles. The van der Waals surface area contributed by atoms with Gasteiger partial charge >= 0.3 is 6.03 Å². The number of carbonyl (C=O) groups is 3. The highest BCUT2D eigenvalue weighted by molar-refractivity contribution is 6.39. The predicted octanol–water partition coefficient (Wildman–Crippen LogP) is 5.51. The lowest BCUT2D eigenvalue weighted by Gasteiger charge is -2.26. The molecule has 194 valence electrons. The van der Waals surface area contributed by atoms with Crippen LogP contribution in [0.25, 0.3) is 6.08 Å². The maximum Gasteiger partial charge on any atom is 0.335 e. The van der Waals surface area contributed by atoms with Crippen molar-refractivity contribution < 1.29 is 28.2 Å². The summed E-state index contributed by atoms with van der Waals surface area (Å²) in [6.07, 6.45) is 3.54. The van der Waals surface area contributed by atoms with Crippen LogP contribution in [-0.4, -0.2) is 24.5 Å². The second-order valence-corrected chi connectivity index (χ2v) is 8.64. The first-order valence-electron chi connectivity index (χ1n) is 12.1. The molecule has 0 spiro atoms. The van der Waals surface area contributed by atoms with Gasteiger partial charge in [-0.25, -0.2) is 14.1 Å². The molecule has 7 nitrogen and oxygen atoms in total.